The summed E-state index contributed by atoms with van der Waals surface area (Å²) < 4.78 is 5.56. The number of carbonyl (C=O) groups excluding carboxylic acids is 1. The molecule has 2 aromatic carbocycles. The van der Waals surface area contributed by atoms with Crippen LogP contribution in [0.1, 0.15) is 43.2 Å². The van der Waals surface area contributed by atoms with Gasteiger partial charge >= 0.3 is 6.09 Å². The second kappa shape index (κ2) is 9.16. The molecule has 0 radical (unpaired) electrons. The van der Waals surface area contributed by atoms with Gasteiger partial charge in [-0.15, -0.1) is 0 Å². The minimum Gasteiger partial charge on any atom is -0.445 e. The van der Waals surface area contributed by atoms with Gasteiger partial charge in [0.1, 0.15) is 6.61 Å². The van der Waals surface area contributed by atoms with E-state index in [9.17, 15) is 14.9 Å². The first-order valence-corrected chi connectivity index (χ1v) is 9.34. The first-order valence-electron chi connectivity index (χ1n) is 9.34. The van der Waals surface area contributed by atoms with E-state index in [1.54, 1.807) is 17.0 Å². The van der Waals surface area contributed by atoms with Crippen molar-refractivity contribution in [3.05, 3.63) is 75.8 Å². The van der Waals surface area contributed by atoms with Crippen molar-refractivity contribution in [2.24, 2.45) is 0 Å². The van der Waals surface area contributed by atoms with Crippen molar-refractivity contribution in [1.82, 2.24) is 4.90 Å². The third-order valence-electron chi connectivity index (χ3n) is 4.96. The molecule has 0 aliphatic heterocycles. The van der Waals surface area contributed by atoms with Gasteiger partial charge in [-0.2, -0.15) is 0 Å². The highest BCUT2D eigenvalue weighted by Gasteiger charge is 2.27. The predicted octanol–water partition coefficient (Wildman–Crippen LogP) is 5.07. The van der Waals surface area contributed by atoms with E-state index in [4.69, 9.17) is 4.74 Å². The topological polar surface area (TPSA) is 72.7 Å². The molecule has 1 aliphatic carbocycles. The number of benzene rings is 2. The number of non-ortho nitro benzene ring substituents is 1. The van der Waals surface area contributed by atoms with Gasteiger partial charge in [-0.3, -0.25) is 10.1 Å². The molecule has 6 nitrogen and oxygen atoms in total. The van der Waals surface area contributed by atoms with Gasteiger partial charge in [-0.1, -0.05) is 61.7 Å². The van der Waals surface area contributed by atoms with Crippen LogP contribution >= 0.6 is 0 Å². The second-order valence-corrected chi connectivity index (χ2v) is 6.88. The van der Waals surface area contributed by atoms with Crippen LogP contribution < -0.4 is 0 Å². The van der Waals surface area contributed by atoms with Crippen LogP contribution in [0.25, 0.3) is 0 Å². The van der Waals surface area contributed by atoms with Gasteiger partial charge in [0, 0.05) is 24.7 Å². The molecule has 1 fully saturated rings. The zero-order valence-corrected chi connectivity index (χ0v) is 15.3. The average Bonchev–Trinajstić information content (AvgIpc) is 2.72. The van der Waals surface area contributed by atoms with E-state index < -0.39 is 4.92 Å². The molecule has 0 atom stereocenters. The highest BCUT2D eigenvalue weighted by molar-refractivity contribution is 5.68. The molecule has 0 bridgehead atoms. The van der Waals surface area contributed by atoms with Crippen molar-refractivity contribution in [3.8, 4) is 0 Å². The summed E-state index contributed by atoms with van der Waals surface area (Å²) in [6.07, 6.45) is 5.01. The van der Waals surface area contributed by atoms with Gasteiger partial charge in [-0.25, -0.2) is 4.79 Å². The largest absolute Gasteiger partial charge is 0.445 e. The van der Waals surface area contributed by atoms with E-state index in [2.05, 4.69) is 0 Å². The third kappa shape index (κ3) is 5.29. The number of hydrogen-bond donors (Lipinski definition) is 0. The van der Waals surface area contributed by atoms with Crippen LogP contribution in [0.15, 0.2) is 54.6 Å². The van der Waals surface area contributed by atoms with E-state index >= 15 is 0 Å². The molecule has 2 aromatic rings. The summed E-state index contributed by atoms with van der Waals surface area (Å²) in [7, 11) is 0. The van der Waals surface area contributed by atoms with Crippen LogP contribution in [0.4, 0.5) is 10.5 Å². The normalized spacial score (nSPS) is 14.5. The number of hydrogen-bond acceptors (Lipinski definition) is 4. The SMILES string of the molecule is O=C(OCc1ccccc1)N(Cc1ccc([N+](=O)[O-])cc1)C1CCCCC1. The fourth-order valence-corrected chi connectivity index (χ4v) is 3.46. The monoisotopic (exact) mass is 368 g/mol. The lowest BCUT2D eigenvalue weighted by Crippen LogP contribution is -2.41. The lowest BCUT2D eigenvalue weighted by atomic mass is 9.94. The van der Waals surface area contributed by atoms with Crippen molar-refractivity contribution in [2.75, 3.05) is 0 Å². The number of rotatable bonds is 6. The van der Waals surface area contributed by atoms with Crippen molar-refractivity contribution in [1.29, 1.82) is 0 Å². The minimum absolute atomic E-state index is 0.0506. The summed E-state index contributed by atoms with van der Waals surface area (Å²) in [4.78, 5) is 25.0. The van der Waals surface area contributed by atoms with Crippen LogP contribution in [0.2, 0.25) is 0 Å². The number of nitro benzene ring substituents is 1. The Morgan fingerprint density at radius 3 is 2.30 bits per heavy atom. The van der Waals surface area contributed by atoms with Crippen LogP contribution in [0.5, 0.6) is 0 Å². The summed E-state index contributed by atoms with van der Waals surface area (Å²) in [5.74, 6) is 0. The average molecular weight is 368 g/mol. The van der Waals surface area contributed by atoms with E-state index in [0.717, 1.165) is 36.8 Å². The number of ether oxygens (including phenoxy) is 1. The smallest absolute Gasteiger partial charge is 0.410 e. The molecule has 6 heteroatoms. The molecule has 27 heavy (non-hydrogen) atoms. The van der Waals surface area contributed by atoms with E-state index in [-0.39, 0.29) is 24.4 Å². The summed E-state index contributed by atoms with van der Waals surface area (Å²) in [5.41, 5.74) is 1.86. The van der Waals surface area contributed by atoms with Crippen LogP contribution in [-0.2, 0) is 17.9 Å². The molecule has 0 aromatic heterocycles. The molecule has 0 spiro atoms. The highest BCUT2D eigenvalue weighted by Crippen LogP contribution is 2.25. The standard InChI is InChI=1S/C21H24N2O4/c24-21(27-16-18-7-3-1-4-8-18)22(19-9-5-2-6-10-19)15-17-11-13-20(14-12-17)23(25)26/h1,3-4,7-8,11-14,19H,2,5-6,9-10,15-16H2. The maximum atomic E-state index is 12.8. The fourth-order valence-electron chi connectivity index (χ4n) is 3.46. The zero-order valence-electron chi connectivity index (χ0n) is 15.3. The number of nitrogens with zero attached hydrogens (tertiary/aromatic N) is 2. The number of nitro groups is 1. The van der Waals surface area contributed by atoms with E-state index in [1.807, 2.05) is 30.3 Å². The lowest BCUT2D eigenvalue weighted by molar-refractivity contribution is -0.384. The molecule has 0 N–H and O–H groups in total. The molecule has 0 unspecified atom stereocenters. The first kappa shape index (κ1) is 18.9. The zero-order chi connectivity index (χ0) is 19.1. The Labute approximate surface area is 158 Å². The number of amides is 1. The van der Waals surface area contributed by atoms with Crippen molar-refractivity contribution >= 4 is 11.8 Å². The summed E-state index contributed by atoms with van der Waals surface area (Å²) >= 11 is 0. The van der Waals surface area contributed by atoms with Crippen LogP contribution in [0.3, 0.4) is 0 Å². The summed E-state index contributed by atoms with van der Waals surface area (Å²) in [5, 5.41) is 10.8. The quantitative estimate of drug-likeness (QED) is 0.527. The Morgan fingerprint density at radius 2 is 1.67 bits per heavy atom. The lowest BCUT2D eigenvalue weighted by Gasteiger charge is -2.33. The Hall–Kier alpha value is -2.89. The Kier molecular flexibility index (Phi) is 6.41. The van der Waals surface area contributed by atoms with E-state index in [1.165, 1.54) is 18.6 Å². The molecular weight excluding hydrogens is 344 g/mol. The second-order valence-electron chi connectivity index (χ2n) is 6.88. The van der Waals surface area contributed by atoms with Crippen molar-refractivity contribution < 1.29 is 14.5 Å². The Balaban J connectivity index is 1.69. The Morgan fingerprint density at radius 1 is 1.00 bits per heavy atom. The Bertz CT molecular complexity index is 756. The van der Waals surface area contributed by atoms with Crippen molar-refractivity contribution in [2.45, 2.75) is 51.3 Å². The van der Waals surface area contributed by atoms with Crippen molar-refractivity contribution in [3.63, 3.8) is 0 Å². The van der Waals surface area contributed by atoms with Gasteiger partial charge in [0.15, 0.2) is 0 Å². The fraction of sp³-hybridized carbons (Fsp3) is 0.381. The molecule has 0 saturated heterocycles. The maximum Gasteiger partial charge on any atom is 0.410 e. The highest BCUT2D eigenvalue weighted by atomic mass is 16.6. The van der Waals surface area contributed by atoms with E-state index in [0.29, 0.717) is 6.54 Å². The predicted molar refractivity (Wildman–Crippen MR) is 102 cm³/mol. The third-order valence-corrected chi connectivity index (χ3v) is 4.96. The summed E-state index contributed by atoms with van der Waals surface area (Å²) in [6.45, 7) is 0.638. The number of carbonyl (C=O) groups is 1. The van der Waals surface area contributed by atoms with Gasteiger partial charge in [0.25, 0.3) is 5.69 Å². The minimum atomic E-state index is -0.420. The molecule has 1 amide bonds. The molecule has 0 heterocycles. The molecule has 1 aliphatic rings. The van der Waals surface area contributed by atoms with Gasteiger partial charge in [-0.05, 0) is 24.0 Å². The molecule has 3 rings (SSSR count). The van der Waals surface area contributed by atoms with Gasteiger partial charge in [0.05, 0.1) is 4.92 Å². The van der Waals surface area contributed by atoms with Gasteiger partial charge < -0.3 is 9.64 Å². The van der Waals surface area contributed by atoms with Gasteiger partial charge in [0.2, 0.25) is 0 Å². The van der Waals surface area contributed by atoms with Crippen LogP contribution in [0, 0.1) is 10.1 Å². The van der Waals surface area contributed by atoms with Crippen LogP contribution in [-0.4, -0.2) is 22.0 Å². The maximum absolute atomic E-state index is 12.8. The molecule has 142 valence electrons. The molecular formula is C21H24N2O4. The molecule has 1 saturated carbocycles. The first-order chi connectivity index (χ1) is 13.1. The summed E-state index contributed by atoms with van der Waals surface area (Å²) in [6, 6.07) is 16.1.